The zero-order valence-electron chi connectivity index (χ0n) is 11.7. The Morgan fingerprint density at radius 3 is 2.59 bits per heavy atom. The lowest BCUT2D eigenvalue weighted by atomic mass is 10.1. The normalized spacial score (nSPS) is 13.8. The third kappa shape index (κ3) is 8.13. The second-order valence-electron chi connectivity index (χ2n) is 4.33. The van der Waals surface area contributed by atoms with E-state index in [2.05, 4.69) is 15.4 Å². The Kier molecular flexibility index (Phi) is 8.75. The first-order valence-electron chi connectivity index (χ1n) is 6.49. The molecular formula is C13H17F2N2O4S-. The van der Waals surface area contributed by atoms with Crippen LogP contribution in [0.2, 0.25) is 0 Å². The maximum Gasteiger partial charge on any atom is 0.345 e. The van der Waals surface area contributed by atoms with Gasteiger partial charge in [0.15, 0.2) is 0 Å². The van der Waals surface area contributed by atoms with Crippen molar-refractivity contribution in [3.8, 4) is 0 Å². The van der Waals surface area contributed by atoms with Gasteiger partial charge in [0, 0.05) is 6.54 Å². The van der Waals surface area contributed by atoms with Crippen LogP contribution in [-0.2, 0) is 27.0 Å². The van der Waals surface area contributed by atoms with E-state index in [1.807, 2.05) is 30.3 Å². The minimum atomic E-state index is -3.03. The number of nitrogens with one attached hydrogen (secondary N) is 2. The van der Waals surface area contributed by atoms with Crippen LogP contribution in [0, 0.1) is 0 Å². The zero-order chi connectivity index (χ0) is 16.4. The molecule has 2 N–H and O–H groups in total. The molecule has 0 aliphatic rings. The summed E-state index contributed by atoms with van der Waals surface area (Å²) in [5.74, 6) is -1.12. The van der Waals surface area contributed by atoms with Gasteiger partial charge in [0.2, 0.25) is 5.91 Å². The molecule has 124 valence electrons. The summed E-state index contributed by atoms with van der Waals surface area (Å²) >= 11 is -2.44. The van der Waals surface area contributed by atoms with Crippen molar-refractivity contribution in [2.24, 2.45) is 0 Å². The molecule has 1 rings (SSSR count). The molecule has 1 aromatic rings. The third-order valence-electron chi connectivity index (χ3n) is 2.71. The number of benzene rings is 1. The summed E-state index contributed by atoms with van der Waals surface area (Å²) < 4.78 is 49.1. The Morgan fingerprint density at radius 1 is 1.32 bits per heavy atom. The Labute approximate surface area is 129 Å². The smallest absolute Gasteiger partial charge is 0.345 e. The average molecular weight is 335 g/mol. The molecule has 0 aromatic heterocycles. The van der Waals surface area contributed by atoms with E-state index in [0.717, 1.165) is 5.56 Å². The fourth-order valence-corrected chi connectivity index (χ4v) is 2.00. The molecule has 0 saturated carbocycles. The Hall–Kier alpha value is -1.42. The van der Waals surface area contributed by atoms with E-state index < -0.39 is 42.1 Å². The van der Waals surface area contributed by atoms with Gasteiger partial charge in [0.05, 0.1) is 12.5 Å². The topological polar surface area (TPSA) is 90.5 Å². The second kappa shape index (κ2) is 10.3. The molecule has 0 radical (unpaired) electrons. The standard InChI is InChI=1S/C13H18F2N2O4S/c14-13(15)21-8-11(17-9-22(19)20)12(18)16-7-6-10-4-2-1-3-5-10/h1-5,11,13,17H,6-9H2,(H,16,18)(H,19,20)/p-1. The highest BCUT2D eigenvalue weighted by Gasteiger charge is 2.19. The maximum atomic E-state index is 12.0. The van der Waals surface area contributed by atoms with Gasteiger partial charge in [-0.3, -0.25) is 14.3 Å². The van der Waals surface area contributed by atoms with E-state index >= 15 is 0 Å². The van der Waals surface area contributed by atoms with Gasteiger partial charge in [-0.15, -0.1) is 0 Å². The first-order valence-corrected chi connectivity index (χ1v) is 7.74. The van der Waals surface area contributed by atoms with Gasteiger partial charge in [0.25, 0.3) is 0 Å². The predicted octanol–water partition coefficient (Wildman–Crippen LogP) is 0.379. The van der Waals surface area contributed by atoms with Crippen molar-refractivity contribution >= 4 is 17.0 Å². The van der Waals surface area contributed by atoms with Crippen LogP contribution >= 0.6 is 0 Å². The summed E-state index contributed by atoms with van der Waals surface area (Å²) in [5.41, 5.74) is 1.01. The van der Waals surface area contributed by atoms with Gasteiger partial charge >= 0.3 is 6.61 Å². The Balaban J connectivity index is 2.42. The molecule has 6 nitrogen and oxygen atoms in total. The quantitative estimate of drug-likeness (QED) is 0.603. The lowest BCUT2D eigenvalue weighted by molar-refractivity contribution is -0.143. The van der Waals surface area contributed by atoms with Crippen molar-refractivity contribution in [3.05, 3.63) is 35.9 Å². The second-order valence-corrected chi connectivity index (χ2v) is 5.22. The van der Waals surface area contributed by atoms with E-state index in [9.17, 15) is 22.3 Å². The number of rotatable bonds is 10. The molecule has 0 bridgehead atoms. The van der Waals surface area contributed by atoms with Crippen LogP contribution in [0.25, 0.3) is 0 Å². The fraction of sp³-hybridized carbons (Fsp3) is 0.462. The van der Waals surface area contributed by atoms with Gasteiger partial charge in [-0.2, -0.15) is 8.78 Å². The SMILES string of the molecule is O=C(NCCc1ccccc1)C(COC(F)F)NCS(=O)[O-]. The number of ether oxygens (including phenoxy) is 1. The molecular weight excluding hydrogens is 318 g/mol. The highest BCUT2D eigenvalue weighted by atomic mass is 32.2. The molecule has 0 fully saturated rings. The number of carbonyl (C=O) groups excluding carboxylic acids is 1. The molecule has 2 unspecified atom stereocenters. The summed E-state index contributed by atoms with van der Waals surface area (Å²) in [6, 6.07) is 8.21. The monoisotopic (exact) mass is 335 g/mol. The first kappa shape index (κ1) is 18.6. The zero-order valence-corrected chi connectivity index (χ0v) is 12.5. The average Bonchev–Trinajstić information content (AvgIpc) is 2.47. The van der Waals surface area contributed by atoms with Gasteiger partial charge in [-0.1, -0.05) is 30.3 Å². The molecule has 1 aromatic carbocycles. The van der Waals surface area contributed by atoms with Gasteiger partial charge in [-0.25, -0.2) is 0 Å². The van der Waals surface area contributed by atoms with Crippen LogP contribution in [0.1, 0.15) is 5.56 Å². The first-order chi connectivity index (χ1) is 10.5. The summed E-state index contributed by atoms with van der Waals surface area (Å²) in [5, 5.41) is 4.89. The third-order valence-corrected chi connectivity index (χ3v) is 3.11. The molecule has 0 aliphatic heterocycles. The minimum Gasteiger partial charge on any atom is -0.771 e. The molecule has 0 heterocycles. The lowest BCUT2D eigenvalue weighted by Gasteiger charge is -2.19. The van der Waals surface area contributed by atoms with Crippen molar-refractivity contribution in [2.75, 3.05) is 19.0 Å². The van der Waals surface area contributed by atoms with Crippen LogP contribution in [0.4, 0.5) is 8.78 Å². The highest BCUT2D eigenvalue weighted by molar-refractivity contribution is 7.79. The Bertz CT molecular complexity index is 476. The maximum absolute atomic E-state index is 12.0. The molecule has 2 atom stereocenters. The van der Waals surface area contributed by atoms with Crippen molar-refractivity contribution in [1.29, 1.82) is 0 Å². The fourth-order valence-electron chi connectivity index (χ4n) is 1.66. The van der Waals surface area contributed by atoms with Crippen LogP contribution in [-0.4, -0.2) is 46.4 Å². The number of hydrogen-bond acceptors (Lipinski definition) is 5. The van der Waals surface area contributed by atoms with Gasteiger partial charge < -0.3 is 14.6 Å². The van der Waals surface area contributed by atoms with Crippen molar-refractivity contribution in [1.82, 2.24) is 10.6 Å². The number of alkyl halides is 2. The van der Waals surface area contributed by atoms with E-state index in [-0.39, 0.29) is 0 Å². The number of carbonyl (C=O) groups is 1. The number of hydrogen-bond donors (Lipinski definition) is 2. The van der Waals surface area contributed by atoms with E-state index in [0.29, 0.717) is 13.0 Å². The largest absolute Gasteiger partial charge is 0.771 e. The van der Waals surface area contributed by atoms with Crippen LogP contribution in [0.3, 0.4) is 0 Å². The molecule has 1 amide bonds. The summed E-state index contributed by atoms with van der Waals surface area (Å²) in [6.07, 6.45) is 0.572. The van der Waals surface area contributed by atoms with Crippen LogP contribution in [0.15, 0.2) is 30.3 Å². The number of halogens is 2. The molecule has 0 spiro atoms. The van der Waals surface area contributed by atoms with Crippen molar-refractivity contribution in [2.45, 2.75) is 19.1 Å². The van der Waals surface area contributed by atoms with Crippen LogP contribution in [0.5, 0.6) is 0 Å². The van der Waals surface area contributed by atoms with E-state index in [1.54, 1.807) is 0 Å². The lowest BCUT2D eigenvalue weighted by Crippen LogP contribution is -2.48. The van der Waals surface area contributed by atoms with Gasteiger partial charge in [0.1, 0.15) is 6.04 Å². The summed E-state index contributed by atoms with van der Waals surface area (Å²) in [4.78, 5) is 11.9. The van der Waals surface area contributed by atoms with E-state index in [1.165, 1.54) is 0 Å². The highest BCUT2D eigenvalue weighted by Crippen LogP contribution is 2.00. The van der Waals surface area contributed by atoms with E-state index in [4.69, 9.17) is 0 Å². The predicted molar refractivity (Wildman–Crippen MR) is 75.8 cm³/mol. The van der Waals surface area contributed by atoms with Crippen LogP contribution < -0.4 is 10.6 Å². The Morgan fingerprint density at radius 2 is 2.00 bits per heavy atom. The van der Waals surface area contributed by atoms with Gasteiger partial charge in [-0.05, 0) is 23.1 Å². The molecule has 0 saturated heterocycles. The summed E-state index contributed by atoms with van der Waals surface area (Å²) in [6.45, 7) is -3.35. The molecule has 0 aliphatic carbocycles. The van der Waals surface area contributed by atoms with Crippen molar-refractivity contribution < 1.29 is 27.1 Å². The number of amides is 1. The minimum absolute atomic E-state index is 0.302. The molecule has 22 heavy (non-hydrogen) atoms. The molecule has 9 heteroatoms. The summed E-state index contributed by atoms with van der Waals surface area (Å²) in [7, 11) is 0. The van der Waals surface area contributed by atoms with Crippen molar-refractivity contribution in [3.63, 3.8) is 0 Å².